The van der Waals surface area contributed by atoms with Gasteiger partial charge in [0.05, 0.1) is 5.69 Å². The summed E-state index contributed by atoms with van der Waals surface area (Å²) >= 11 is 0. The Kier molecular flexibility index (Phi) is 4.63. The molecular weight excluding hydrogens is 370 g/mol. The van der Waals surface area contributed by atoms with Crippen molar-refractivity contribution in [2.45, 2.75) is 57.2 Å². The zero-order valence-electron chi connectivity index (χ0n) is 16.2. The predicted molar refractivity (Wildman–Crippen MR) is 105 cm³/mol. The number of ether oxygens (including phenoxy) is 1. The Labute approximate surface area is 168 Å². The largest absolute Gasteiger partial charge is 0.507 e. The molecule has 8 heteroatoms. The van der Waals surface area contributed by atoms with E-state index in [0.717, 1.165) is 12.8 Å². The number of nitrogens with zero attached hydrogens (tertiary/aromatic N) is 4. The normalized spacial score (nSPS) is 23.7. The molecule has 1 aromatic carbocycles. The Morgan fingerprint density at radius 2 is 1.86 bits per heavy atom. The molecule has 2 atom stereocenters. The molecule has 4 heterocycles. The molecule has 2 bridgehead atoms. The molecule has 2 aliphatic rings. The van der Waals surface area contributed by atoms with Gasteiger partial charge >= 0.3 is 0 Å². The van der Waals surface area contributed by atoms with Crippen molar-refractivity contribution < 1.29 is 14.3 Å². The van der Waals surface area contributed by atoms with Crippen LogP contribution in [-0.2, 0) is 0 Å². The second-order valence-electron chi connectivity index (χ2n) is 7.82. The van der Waals surface area contributed by atoms with Gasteiger partial charge in [-0.15, -0.1) is 20.4 Å². The topological polar surface area (TPSA) is 106 Å². The molecule has 3 aromatic rings. The third-order valence-corrected chi connectivity index (χ3v) is 5.65. The van der Waals surface area contributed by atoms with Gasteiger partial charge in [-0.1, -0.05) is 6.42 Å². The Morgan fingerprint density at radius 1 is 1.03 bits per heavy atom. The average molecular weight is 393 g/mol. The van der Waals surface area contributed by atoms with Crippen LogP contribution in [0.4, 0.5) is 0 Å². The molecule has 8 nitrogen and oxygen atoms in total. The monoisotopic (exact) mass is 393 g/mol. The van der Waals surface area contributed by atoms with Crippen LogP contribution in [0.3, 0.4) is 0 Å². The van der Waals surface area contributed by atoms with E-state index in [-0.39, 0.29) is 11.9 Å². The van der Waals surface area contributed by atoms with E-state index in [2.05, 4.69) is 25.7 Å². The van der Waals surface area contributed by atoms with Crippen LogP contribution in [0.25, 0.3) is 22.7 Å². The van der Waals surface area contributed by atoms with Gasteiger partial charge in [0.25, 0.3) is 0 Å². The van der Waals surface area contributed by atoms with Crippen molar-refractivity contribution >= 4 is 0 Å². The first-order valence-electron chi connectivity index (χ1n) is 10.0. The van der Waals surface area contributed by atoms with E-state index in [1.807, 2.05) is 18.2 Å². The van der Waals surface area contributed by atoms with Crippen LogP contribution in [-0.4, -0.2) is 43.7 Å². The summed E-state index contributed by atoms with van der Waals surface area (Å²) in [5.74, 6) is 1.44. The standard InChI is InChI=1S/C21H23N5O3/c1-12-23-26-21(28-12)13-5-6-17(19(27)9-13)18-7-8-20(25-24-18)29-16-10-14-3-2-4-15(11-16)22-14/h5-9,14-16,22,27H,2-4,10-11H2,1H3. The summed E-state index contributed by atoms with van der Waals surface area (Å²) in [7, 11) is 0. The number of hydrogen-bond acceptors (Lipinski definition) is 8. The first-order chi connectivity index (χ1) is 14.1. The van der Waals surface area contributed by atoms with Crippen LogP contribution < -0.4 is 10.1 Å². The second-order valence-corrected chi connectivity index (χ2v) is 7.82. The van der Waals surface area contributed by atoms with E-state index in [0.29, 0.717) is 46.6 Å². The number of aromatic nitrogens is 4. The van der Waals surface area contributed by atoms with Gasteiger partial charge < -0.3 is 19.6 Å². The minimum Gasteiger partial charge on any atom is -0.507 e. The number of nitrogens with one attached hydrogen (secondary N) is 1. The molecule has 2 aromatic heterocycles. The van der Waals surface area contributed by atoms with Gasteiger partial charge in [-0.2, -0.15) is 0 Å². The number of fused-ring (bicyclic) bond motifs is 2. The van der Waals surface area contributed by atoms with Crippen LogP contribution >= 0.6 is 0 Å². The van der Waals surface area contributed by atoms with Gasteiger partial charge in [-0.05, 0) is 49.9 Å². The van der Waals surface area contributed by atoms with Crippen molar-refractivity contribution in [2.24, 2.45) is 0 Å². The SMILES string of the molecule is Cc1nnc(-c2ccc(-c3ccc(OC4CC5CCCC(C4)N5)nn3)c(O)c2)o1. The number of phenols is 1. The zero-order chi connectivity index (χ0) is 19.8. The molecule has 0 saturated carbocycles. The predicted octanol–water partition coefficient (Wildman–Crippen LogP) is 3.26. The Balaban J connectivity index is 1.30. The molecule has 2 unspecified atom stereocenters. The quantitative estimate of drug-likeness (QED) is 0.696. The van der Waals surface area contributed by atoms with E-state index in [9.17, 15) is 5.11 Å². The van der Waals surface area contributed by atoms with Gasteiger partial charge in [-0.3, -0.25) is 0 Å². The van der Waals surface area contributed by atoms with Gasteiger partial charge in [0.2, 0.25) is 17.7 Å². The lowest BCUT2D eigenvalue weighted by atomic mass is 9.85. The van der Waals surface area contributed by atoms with Crippen molar-refractivity contribution in [1.29, 1.82) is 0 Å². The summed E-state index contributed by atoms with van der Waals surface area (Å²) in [4.78, 5) is 0. The summed E-state index contributed by atoms with van der Waals surface area (Å²) in [6.07, 6.45) is 5.95. The van der Waals surface area contributed by atoms with Gasteiger partial charge in [0.15, 0.2) is 0 Å². The molecule has 2 N–H and O–H groups in total. The molecule has 0 amide bonds. The Morgan fingerprint density at radius 3 is 2.52 bits per heavy atom. The second kappa shape index (κ2) is 7.44. The third-order valence-electron chi connectivity index (χ3n) is 5.65. The van der Waals surface area contributed by atoms with Crippen LogP contribution in [0.2, 0.25) is 0 Å². The maximum atomic E-state index is 10.4. The van der Waals surface area contributed by atoms with Crippen LogP contribution in [0, 0.1) is 6.92 Å². The lowest BCUT2D eigenvalue weighted by Crippen LogP contribution is -2.51. The molecule has 2 fully saturated rings. The van der Waals surface area contributed by atoms with Gasteiger partial charge in [0.1, 0.15) is 11.9 Å². The highest BCUT2D eigenvalue weighted by atomic mass is 16.5. The molecule has 0 radical (unpaired) electrons. The minimum absolute atomic E-state index is 0.0764. The molecule has 0 aliphatic carbocycles. The maximum absolute atomic E-state index is 10.4. The van der Waals surface area contributed by atoms with Crippen molar-refractivity contribution in [3.05, 3.63) is 36.2 Å². The van der Waals surface area contributed by atoms with Crippen LogP contribution in [0.15, 0.2) is 34.7 Å². The number of phenolic OH excluding ortho intramolecular Hbond substituents is 1. The number of aromatic hydroxyl groups is 1. The first-order valence-corrected chi connectivity index (χ1v) is 10.0. The highest BCUT2D eigenvalue weighted by molar-refractivity contribution is 5.71. The highest BCUT2D eigenvalue weighted by Crippen LogP contribution is 2.33. The van der Waals surface area contributed by atoms with E-state index in [1.165, 1.54) is 19.3 Å². The number of hydrogen-bond donors (Lipinski definition) is 2. The van der Waals surface area contributed by atoms with Crippen molar-refractivity contribution in [3.63, 3.8) is 0 Å². The van der Waals surface area contributed by atoms with E-state index < -0.39 is 0 Å². The van der Waals surface area contributed by atoms with Crippen LogP contribution in [0.5, 0.6) is 11.6 Å². The van der Waals surface area contributed by atoms with E-state index in [1.54, 1.807) is 19.1 Å². The first kappa shape index (κ1) is 18.1. The highest BCUT2D eigenvalue weighted by Gasteiger charge is 2.32. The van der Waals surface area contributed by atoms with Gasteiger partial charge in [-0.25, -0.2) is 0 Å². The summed E-state index contributed by atoms with van der Waals surface area (Å²) in [6.45, 7) is 1.72. The zero-order valence-corrected chi connectivity index (χ0v) is 16.2. The number of rotatable bonds is 4. The van der Waals surface area contributed by atoms with Gasteiger partial charge in [0, 0.05) is 36.2 Å². The lowest BCUT2D eigenvalue weighted by molar-refractivity contribution is 0.0881. The van der Waals surface area contributed by atoms with Crippen molar-refractivity contribution in [2.75, 3.05) is 0 Å². The lowest BCUT2D eigenvalue weighted by Gasteiger charge is -2.39. The smallest absolute Gasteiger partial charge is 0.247 e. The summed E-state index contributed by atoms with van der Waals surface area (Å²) < 4.78 is 11.5. The van der Waals surface area contributed by atoms with Crippen molar-refractivity contribution in [1.82, 2.24) is 25.7 Å². The Hall–Kier alpha value is -3.00. The molecule has 2 aliphatic heterocycles. The molecular formula is C21H23N5O3. The summed E-state index contributed by atoms with van der Waals surface area (Å²) in [5.41, 5.74) is 1.81. The molecule has 29 heavy (non-hydrogen) atoms. The summed E-state index contributed by atoms with van der Waals surface area (Å²) in [6, 6.07) is 9.90. The van der Waals surface area contributed by atoms with Crippen molar-refractivity contribution in [3.8, 4) is 34.3 Å². The maximum Gasteiger partial charge on any atom is 0.247 e. The fourth-order valence-corrected chi connectivity index (χ4v) is 4.30. The summed E-state index contributed by atoms with van der Waals surface area (Å²) in [5, 5.41) is 30.4. The fourth-order valence-electron chi connectivity index (χ4n) is 4.30. The minimum atomic E-state index is 0.0764. The molecule has 2 saturated heterocycles. The molecule has 5 rings (SSSR count). The number of aryl methyl sites for hydroxylation is 1. The van der Waals surface area contributed by atoms with Crippen LogP contribution in [0.1, 0.15) is 38.0 Å². The number of benzene rings is 1. The Bertz CT molecular complexity index is 992. The third kappa shape index (κ3) is 3.80. The average Bonchev–Trinajstić information content (AvgIpc) is 3.15. The molecule has 150 valence electrons. The number of piperidine rings is 2. The fraction of sp³-hybridized carbons (Fsp3) is 0.429. The molecule has 0 spiro atoms. The van der Waals surface area contributed by atoms with E-state index in [4.69, 9.17) is 9.15 Å². The van der Waals surface area contributed by atoms with E-state index >= 15 is 0 Å².